The SMILES string of the molecule is FC1NNc2ccc(Br)cc21. The fourth-order valence-electron chi connectivity index (χ4n) is 1.08. The molecule has 0 fully saturated rings. The Morgan fingerprint density at radius 2 is 2.27 bits per heavy atom. The summed E-state index contributed by atoms with van der Waals surface area (Å²) in [5, 5.41) is 0. The molecule has 11 heavy (non-hydrogen) atoms. The van der Waals surface area contributed by atoms with Gasteiger partial charge in [0.25, 0.3) is 0 Å². The van der Waals surface area contributed by atoms with E-state index in [1.54, 1.807) is 6.07 Å². The van der Waals surface area contributed by atoms with Gasteiger partial charge in [0.15, 0.2) is 6.30 Å². The summed E-state index contributed by atoms with van der Waals surface area (Å²) >= 11 is 3.27. The van der Waals surface area contributed by atoms with Gasteiger partial charge in [-0.2, -0.15) is 0 Å². The van der Waals surface area contributed by atoms with Crippen molar-refractivity contribution in [2.45, 2.75) is 6.30 Å². The lowest BCUT2D eigenvalue weighted by molar-refractivity contribution is 0.314. The van der Waals surface area contributed by atoms with Crippen LogP contribution in [-0.2, 0) is 0 Å². The zero-order chi connectivity index (χ0) is 7.84. The summed E-state index contributed by atoms with van der Waals surface area (Å²) in [4.78, 5) is 0. The van der Waals surface area contributed by atoms with Crippen LogP contribution in [0.5, 0.6) is 0 Å². The standard InChI is InChI=1S/C7H6BrFN2/c8-4-1-2-6-5(3-4)7(9)11-10-6/h1-3,7,10-11H. The number of benzene rings is 1. The number of halogens is 2. The largest absolute Gasteiger partial charge is 0.318 e. The van der Waals surface area contributed by atoms with E-state index in [0.29, 0.717) is 5.56 Å². The van der Waals surface area contributed by atoms with Gasteiger partial charge in [0.1, 0.15) is 0 Å². The Hall–Kier alpha value is -0.610. The average molecular weight is 217 g/mol. The lowest BCUT2D eigenvalue weighted by Gasteiger charge is -1.97. The summed E-state index contributed by atoms with van der Waals surface area (Å²) in [6.07, 6.45) is -1.09. The van der Waals surface area contributed by atoms with Crippen LogP contribution < -0.4 is 10.9 Å². The summed E-state index contributed by atoms with van der Waals surface area (Å²) in [5.74, 6) is 0. The summed E-state index contributed by atoms with van der Waals surface area (Å²) < 4.78 is 13.8. The predicted molar refractivity (Wildman–Crippen MR) is 44.7 cm³/mol. The molecule has 58 valence electrons. The van der Waals surface area contributed by atoms with Crippen molar-refractivity contribution in [2.24, 2.45) is 0 Å². The normalized spacial score (nSPS) is 21.1. The third-order valence-corrected chi connectivity index (χ3v) is 2.11. The molecule has 0 amide bonds. The summed E-state index contributed by atoms with van der Waals surface area (Å²) in [6, 6.07) is 5.45. The molecule has 1 heterocycles. The van der Waals surface area contributed by atoms with Crippen LogP contribution in [0.3, 0.4) is 0 Å². The first-order valence-electron chi connectivity index (χ1n) is 3.22. The van der Waals surface area contributed by atoms with Gasteiger partial charge in [-0.15, -0.1) is 0 Å². The second-order valence-electron chi connectivity index (χ2n) is 2.36. The highest BCUT2D eigenvalue weighted by Gasteiger charge is 2.20. The average Bonchev–Trinajstić information content (AvgIpc) is 2.33. The Morgan fingerprint density at radius 1 is 1.45 bits per heavy atom. The first-order chi connectivity index (χ1) is 5.27. The number of hydrogen-bond acceptors (Lipinski definition) is 2. The van der Waals surface area contributed by atoms with Gasteiger partial charge in [0.2, 0.25) is 0 Å². The van der Waals surface area contributed by atoms with Crippen LogP contribution >= 0.6 is 15.9 Å². The van der Waals surface area contributed by atoms with E-state index >= 15 is 0 Å². The highest BCUT2D eigenvalue weighted by atomic mass is 79.9. The number of alkyl halides is 1. The van der Waals surface area contributed by atoms with Gasteiger partial charge in [-0.05, 0) is 18.2 Å². The van der Waals surface area contributed by atoms with Crippen molar-refractivity contribution in [1.29, 1.82) is 0 Å². The number of fused-ring (bicyclic) bond motifs is 1. The number of anilines is 1. The van der Waals surface area contributed by atoms with Crippen molar-refractivity contribution in [2.75, 3.05) is 5.43 Å². The monoisotopic (exact) mass is 216 g/mol. The zero-order valence-corrected chi connectivity index (χ0v) is 7.15. The molecule has 1 atom stereocenters. The molecule has 0 radical (unpaired) electrons. The summed E-state index contributed by atoms with van der Waals surface area (Å²) in [5.41, 5.74) is 6.66. The predicted octanol–water partition coefficient (Wildman–Crippen LogP) is 2.35. The van der Waals surface area contributed by atoms with Gasteiger partial charge >= 0.3 is 0 Å². The highest BCUT2D eigenvalue weighted by Crippen LogP contribution is 2.31. The van der Waals surface area contributed by atoms with E-state index < -0.39 is 6.30 Å². The molecule has 1 aliphatic rings. The van der Waals surface area contributed by atoms with Crippen LogP contribution in [0.1, 0.15) is 11.9 Å². The van der Waals surface area contributed by atoms with E-state index in [9.17, 15) is 4.39 Å². The smallest absolute Gasteiger partial charge is 0.195 e. The molecule has 0 spiro atoms. The van der Waals surface area contributed by atoms with Gasteiger partial charge in [-0.25, -0.2) is 9.82 Å². The Labute approximate surface area is 71.9 Å². The fourth-order valence-corrected chi connectivity index (χ4v) is 1.45. The molecular formula is C7H6BrFN2. The van der Waals surface area contributed by atoms with Gasteiger partial charge < -0.3 is 5.43 Å². The molecule has 0 saturated carbocycles. The molecule has 1 aromatic carbocycles. The van der Waals surface area contributed by atoms with Crippen LogP contribution in [0.4, 0.5) is 10.1 Å². The Balaban J connectivity index is 2.52. The minimum absolute atomic E-state index is 0.652. The lowest BCUT2D eigenvalue weighted by Crippen LogP contribution is -2.14. The Morgan fingerprint density at radius 3 is 3.09 bits per heavy atom. The van der Waals surface area contributed by atoms with Crippen molar-refractivity contribution in [1.82, 2.24) is 5.43 Å². The molecule has 4 heteroatoms. The maximum Gasteiger partial charge on any atom is 0.195 e. The van der Waals surface area contributed by atoms with Crippen LogP contribution in [0, 0.1) is 0 Å². The molecule has 2 rings (SSSR count). The number of nitrogens with one attached hydrogen (secondary N) is 2. The minimum Gasteiger partial charge on any atom is -0.318 e. The molecule has 0 aliphatic carbocycles. The van der Waals surface area contributed by atoms with Crippen LogP contribution in [0.25, 0.3) is 0 Å². The van der Waals surface area contributed by atoms with E-state index in [-0.39, 0.29) is 0 Å². The molecule has 0 saturated heterocycles. The molecule has 0 aromatic heterocycles. The van der Waals surface area contributed by atoms with Gasteiger partial charge in [0, 0.05) is 10.0 Å². The maximum atomic E-state index is 12.9. The van der Waals surface area contributed by atoms with Crippen LogP contribution in [0.2, 0.25) is 0 Å². The molecule has 2 N–H and O–H groups in total. The van der Waals surface area contributed by atoms with E-state index in [0.717, 1.165) is 10.2 Å². The fraction of sp³-hybridized carbons (Fsp3) is 0.143. The first-order valence-corrected chi connectivity index (χ1v) is 4.02. The minimum atomic E-state index is -1.09. The molecule has 1 aromatic rings. The number of rotatable bonds is 0. The van der Waals surface area contributed by atoms with Crippen molar-refractivity contribution in [3.63, 3.8) is 0 Å². The van der Waals surface area contributed by atoms with E-state index in [4.69, 9.17) is 0 Å². The summed E-state index contributed by atoms with van der Waals surface area (Å²) in [7, 11) is 0. The van der Waals surface area contributed by atoms with E-state index in [2.05, 4.69) is 26.8 Å². The molecular weight excluding hydrogens is 211 g/mol. The molecule has 1 aliphatic heterocycles. The quantitative estimate of drug-likeness (QED) is 0.651. The third-order valence-electron chi connectivity index (χ3n) is 1.62. The summed E-state index contributed by atoms with van der Waals surface area (Å²) in [6.45, 7) is 0. The zero-order valence-electron chi connectivity index (χ0n) is 5.57. The van der Waals surface area contributed by atoms with Crippen LogP contribution in [-0.4, -0.2) is 0 Å². The van der Waals surface area contributed by atoms with Crippen LogP contribution in [0.15, 0.2) is 22.7 Å². The van der Waals surface area contributed by atoms with Gasteiger partial charge in [-0.3, -0.25) is 0 Å². The number of hydrogen-bond donors (Lipinski definition) is 2. The topological polar surface area (TPSA) is 24.1 Å². The van der Waals surface area contributed by atoms with E-state index in [1.165, 1.54) is 0 Å². The van der Waals surface area contributed by atoms with Crippen molar-refractivity contribution in [3.05, 3.63) is 28.2 Å². The first kappa shape index (κ1) is 7.06. The Kier molecular flexibility index (Phi) is 1.58. The van der Waals surface area contributed by atoms with E-state index in [1.807, 2.05) is 12.1 Å². The van der Waals surface area contributed by atoms with Crippen molar-refractivity contribution >= 4 is 21.6 Å². The highest BCUT2D eigenvalue weighted by molar-refractivity contribution is 9.10. The van der Waals surface area contributed by atoms with Gasteiger partial charge in [-0.1, -0.05) is 15.9 Å². The molecule has 2 nitrogen and oxygen atoms in total. The second kappa shape index (κ2) is 2.46. The van der Waals surface area contributed by atoms with Gasteiger partial charge in [0.05, 0.1) is 5.69 Å². The molecule has 1 unspecified atom stereocenters. The number of hydrazine groups is 1. The second-order valence-corrected chi connectivity index (χ2v) is 3.28. The Bertz CT molecular complexity index is 290. The molecule has 0 bridgehead atoms. The lowest BCUT2D eigenvalue weighted by atomic mass is 10.2. The maximum absolute atomic E-state index is 12.9. The third kappa shape index (κ3) is 1.12. The van der Waals surface area contributed by atoms with Crippen molar-refractivity contribution in [3.8, 4) is 0 Å². The van der Waals surface area contributed by atoms with Crippen molar-refractivity contribution < 1.29 is 4.39 Å².